The Labute approximate surface area is 121 Å². The molecular weight excluding hydrogens is 252 g/mol. The van der Waals surface area contributed by atoms with Gasteiger partial charge >= 0.3 is 0 Å². The molecule has 1 aliphatic heterocycles. The Balaban J connectivity index is 2.05. The zero-order chi connectivity index (χ0) is 14.5. The van der Waals surface area contributed by atoms with Crippen LogP contribution in [0.1, 0.15) is 38.3 Å². The first-order valence-electron chi connectivity index (χ1n) is 7.57. The average Bonchev–Trinajstić information content (AvgIpc) is 2.47. The second-order valence-corrected chi connectivity index (χ2v) is 5.64. The van der Waals surface area contributed by atoms with Crippen LogP contribution in [0.4, 0.5) is 5.69 Å². The molecule has 1 unspecified atom stereocenters. The molecule has 4 nitrogen and oxygen atoms in total. The summed E-state index contributed by atoms with van der Waals surface area (Å²) < 4.78 is 0. The number of rotatable bonds is 5. The fourth-order valence-corrected chi connectivity index (χ4v) is 2.88. The van der Waals surface area contributed by atoms with Crippen molar-refractivity contribution >= 4 is 5.69 Å². The van der Waals surface area contributed by atoms with Gasteiger partial charge in [-0.3, -0.25) is 0 Å². The fourth-order valence-electron chi connectivity index (χ4n) is 2.88. The molecule has 1 saturated heterocycles. The van der Waals surface area contributed by atoms with E-state index in [1.165, 1.54) is 0 Å². The van der Waals surface area contributed by atoms with E-state index < -0.39 is 0 Å². The van der Waals surface area contributed by atoms with Gasteiger partial charge in [0.25, 0.3) is 0 Å². The lowest BCUT2D eigenvalue weighted by atomic mass is 9.97. The first-order chi connectivity index (χ1) is 9.65. The molecule has 2 rings (SSSR count). The van der Waals surface area contributed by atoms with Gasteiger partial charge in [-0.25, -0.2) is 0 Å². The first-order valence-corrected chi connectivity index (χ1v) is 7.57. The van der Waals surface area contributed by atoms with Crippen LogP contribution in [0.25, 0.3) is 0 Å². The maximum absolute atomic E-state index is 10.2. The number of aromatic hydroxyl groups is 1. The molecule has 1 fully saturated rings. The maximum Gasteiger partial charge on any atom is 0.122 e. The Bertz CT molecular complexity index is 428. The van der Waals surface area contributed by atoms with Crippen molar-refractivity contribution in [2.45, 2.75) is 32.7 Å². The van der Waals surface area contributed by atoms with Gasteiger partial charge in [-0.2, -0.15) is 0 Å². The standard InChI is InChI=1S/C16H26N2O2/c1-3-17-12(2)15-5-4-14(10-16(15)20)18-8-6-13(11-19)7-9-18/h4-5,10,12-13,17,19-20H,3,6-9,11H2,1-2H3. The monoisotopic (exact) mass is 278 g/mol. The number of phenolic OH excluding ortho intramolecular Hbond substituents is 1. The lowest BCUT2D eigenvalue weighted by Gasteiger charge is -2.33. The Hall–Kier alpha value is -1.26. The van der Waals surface area contributed by atoms with E-state index in [1.807, 2.05) is 12.1 Å². The van der Waals surface area contributed by atoms with Crippen molar-refractivity contribution in [2.24, 2.45) is 5.92 Å². The Morgan fingerprint density at radius 3 is 2.60 bits per heavy atom. The molecular formula is C16H26N2O2. The molecule has 0 amide bonds. The van der Waals surface area contributed by atoms with Crippen LogP contribution >= 0.6 is 0 Å². The summed E-state index contributed by atoms with van der Waals surface area (Å²) in [6.07, 6.45) is 2.04. The molecule has 1 aromatic carbocycles. The van der Waals surface area contributed by atoms with Crippen LogP contribution in [-0.4, -0.2) is 36.5 Å². The molecule has 0 spiro atoms. The quantitative estimate of drug-likeness (QED) is 0.773. The van der Waals surface area contributed by atoms with Crippen molar-refractivity contribution in [1.82, 2.24) is 5.32 Å². The zero-order valence-electron chi connectivity index (χ0n) is 12.5. The Morgan fingerprint density at radius 1 is 1.35 bits per heavy atom. The highest BCUT2D eigenvalue weighted by Crippen LogP contribution is 2.31. The van der Waals surface area contributed by atoms with Gasteiger partial charge in [-0.05, 0) is 38.3 Å². The molecule has 20 heavy (non-hydrogen) atoms. The van der Waals surface area contributed by atoms with Gasteiger partial charge in [-0.15, -0.1) is 0 Å². The van der Waals surface area contributed by atoms with E-state index in [2.05, 4.69) is 30.1 Å². The summed E-state index contributed by atoms with van der Waals surface area (Å²) in [5.41, 5.74) is 2.02. The number of aliphatic hydroxyl groups excluding tert-OH is 1. The molecule has 3 N–H and O–H groups in total. The summed E-state index contributed by atoms with van der Waals surface area (Å²) in [5.74, 6) is 0.799. The van der Waals surface area contributed by atoms with Gasteiger partial charge in [0.05, 0.1) is 0 Å². The number of nitrogens with one attached hydrogen (secondary N) is 1. The molecule has 1 aromatic rings. The zero-order valence-corrected chi connectivity index (χ0v) is 12.5. The third-order valence-electron chi connectivity index (χ3n) is 4.23. The van der Waals surface area contributed by atoms with E-state index in [1.54, 1.807) is 0 Å². The number of phenols is 1. The third-order valence-corrected chi connectivity index (χ3v) is 4.23. The highest BCUT2D eigenvalue weighted by Gasteiger charge is 2.19. The second kappa shape index (κ2) is 6.95. The largest absolute Gasteiger partial charge is 0.508 e. The normalized spacial score (nSPS) is 18.2. The summed E-state index contributed by atoms with van der Waals surface area (Å²) in [6, 6.07) is 6.12. The number of aliphatic hydroxyl groups is 1. The van der Waals surface area contributed by atoms with Gasteiger partial charge in [0.15, 0.2) is 0 Å². The molecule has 4 heteroatoms. The molecule has 0 bridgehead atoms. The molecule has 0 saturated carbocycles. The van der Waals surface area contributed by atoms with E-state index >= 15 is 0 Å². The summed E-state index contributed by atoms with van der Waals surface area (Å²) >= 11 is 0. The van der Waals surface area contributed by atoms with Crippen LogP contribution in [-0.2, 0) is 0 Å². The number of nitrogens with zero attached hydrogens (tertiary/aromatic N) is 1. The molecule has 1 aliphatic rings. The minimum absolute atomic E-state index is 0.161. The van der Waals surface area contributed by atoms with Gasteiger partial charge in [0.2, 0.25) is 0 Å². The second-order valence-electron chi connectivity index (χ2n) is 5.64. The van der Waals surface area contributed by atoms with Gasteiger partial charge in [0, 0.05) is 43.1 Å². The number of hydrogen-bond acceptors (Lipinski definition) is 4. The maximum atomic E-state index is 10.2. The SMILES string of the molecule is CCNC(C)c1ccc(N2CCC(CO)CC2)cc1O. The highest BCUT2D eigenvalue weighted by molar-refractivity contribution is 5.54. The Kier molecular flexibility index (Phi) is 5.26. The highest BCUT2D eigenvalue weighted by atomic mass is 16.3. The van der Waals surface area contributed by atoms with E-state index in [4.69, 9.17) is 0 Å². The molecule has 0 aromatic heterocycles. The van der Waals surface area contributed by atoms with E-state index in [0.717, 1.165) is 43.7 Å². The predicted molar refractivity (Wildman–Crippen MR) is 82.2 cm³/mol. The third kappa shape index (κ3) is 3.44. The average molecular weight is 278 g/mol. The number of hydrogen-bond donors (Lipinski definition) is 3. The lowest BCUT2D eigenvalue weighted by Crippen LogP contribution is -2.34. The van der Waals surface area contributed by atoms with Crippen molar-refractivity contribution in [3.8, 4) is 5.75 Å². The predicted octanol–water partition coefficient (Wildman–Crippen LogP) is 2.27. The van der Waals surface area contributed by atoms with Crippen molar-refractivity contribution < 1.29 is 10.2 Å². The molecule has 1 heterocycles. The van der Waals surface area contributed by atoms with E-state index in [-0.39, 0.29) is 12.6 Å². The molecule has 0 aliphatic carbocycles. The van der Waals surface area contributed by atoms with Crippen molar-refractivity contribution in [1.29, 1.82) is 0 Å². The van der Waals surface area contributed by atoms with Crippen LogP contribution in [0.5, 0.6) is 5.75 Å². The first kappa shape index (κ1) is 15.1. The summed E-state index contributed by atoms with van der Waals surface area (Å²) in [4.78, 5) is 2.29. The van der Waals surface area contributed by atoms with E-state index in [9.17, 15) is 10.2 Å². The molecule has 112 valence electrons. The van der Waals surface area contributed by atoms with Crippen molar-refractivity contribution in [3.05, 3.63) is 23.8 Å². The lowest BCUT2D eigenvalue weighted by molar-refractivity contribution is 0.203. The van der Waals surface area contributed by atoms with Crippen molar-refractivity contribution in [3.63, 3.8) is 0 Å². The number of benzene rings is 1. The number of anilines is 1. The van der Waals surface area contributed by atoms with Crippen LogP contribution in [0.2, 0.25) is 0 Å². The van der Waals surface area contributed by atoms with Gasteiger partial charge in [-0.1, -0.05) is 13.0 Å². The minimum atomic E-state index is 0.161. The summed E-state index contributed by atoms with van der Waals surface area (Å²) in [5, 5.41) is 22.7. The topological polar surface area (TPSA) is 55.7 Å². The van der Waals surface area contributed by atoms with Crippen molar-refractivity contribution in [2.75, 3.05) is 31.1 Å². The van der Waals surface area contributed by atoms with Gasteiger partial charge < -0.3 is 20.4 Å². The molecule has 0 radical (unpaired) electrons. The minimum Gasteiger partial charge on any atom is -0.508 e. The summed E-state index contributed by atoms with van der Waals surface area (Å²) in [7, 11) is 0. The Morgan fingerprint density at radius 2 is 2.05 bits per heavy atom. The fraction of sp³-hybridized carbons (Fsp3) is 0.625. The van der Waals surface area contributed by atoms with Crippen LogP contribution in [0.3, 0.4) is 0 Å². The van der Waals surface area contributed by atoms with Gasteiger partial charge in [0.1, 0.15) is 5.75 Å². The summed E-state index contributed by atoms with van der Waals surface area (Å²) in [6.45, 7) is 7.20. The van der Waals surface area contributed by atoms with Crippen LogP contribution < -0.4 is 10.2 Å². The van der Waals surface area contributed by atoms with Crippen LogP contribution in [0, 0.1) is 5.92 Å². The van der Waals surface area contributed by atoms with Crippen LogP contribution in [0.15, 0.2) is 18.2 Å². The van der Waals surface area contributed by atoms with E-state index in [0.29, 0.717) is 11.7 Å². The number of piperidine rings is 1. The smallest absolute Gasteiger partial charge is 0.122 e. The molecule has 1 atom stereocenters.